The number of carboxylic acids is 1. The summed E-state index contributed by atoms with van der Waals surface area (Å²) in [4.78, 5) is 26.2. The van der Waals surface area contributed by atoms with Gasteiger partial charge in [-0.25, -0.2) is 0 Å². The predicted molar refractivity (Wildman–Crippen MR) is 123 cm³/mol. The number of carboxylic acid groups (broad SMARTS) is 1. The van der Waals surface area contributed by atoms with Crippen LogP contribution in [0.1, 0.15) is 92.1 Å². The smallest absolute Gasteiger partial charge is 0.314 e. The highest BCUT2D eigenvalue weighted by atomic mass is 16.4. The van der Waals surface area contributed by atoms with Crippen LogP contribution in [0.2, 0.25) is 0 Å². The lowest BCUT2D eigenvalue weighted by atomic mass is 9.60. The molecule has 0 radical (unpaired) electrons. The van der Waals surface area contributed by atoms with Gasteiger partial charge in [0.15, 0.2) is 5.78 Å². The van der Waals surface area contributed by atoms with E-state index in [9.17, 15) is 14.7 Å². The Balaban J connectivity index is 1.75. The maximum atomic E-state index is 13.1. The van der Waals surface area contributed by atoms with E-state index in [1.165, 1.54) is 25.7 Å². The minimum atomic E-state index is -0.893. The van der Waals surface area contributed by atoms with Gasteiger partial charge in [0.1, 0.15) is 0 Å². The zero-order chi connectivity index (χ0) is 21.7. The van der Waals surface area contributed by atoms with Crippen molar-refractivity contribution in [2.24, 2.45) is 11.8 Å². The molecule has 3 nitrogen and oxygen atoms in total. The summed E-state index contributed by atoms with van der Waals surface area (Å²) in [6.45, 7) is 0. The monoisotopic (exact) mass is 418 g/mol. The van der Waals surface area contributed by atoms with Crippen molar-refractivity contribution in [1.29, 1.82) is 0 Å². The van der Waals surface area contributed by atoms with Crippen LogP contribution >= 0.6 is 0 Å². The molecule has 4 rings (SSSR count). The molecule has 2 fully saturated rings. The lowest BCUT2D eigenvalue weighted by molar-refractivity contribution is -0.148. The maximum absolute atomic E-state index is 13.1. The van der Waals surface area contributed by atoms with Crippen molar-refractivity contribution in [3.05, 3.63) is 71.3 Å². The third-order valence-electron chi connectivity index (χ3n) is 7.69. The van der Waals surface area contributed by atoms with Gasteiger partial charge in [0.25, 0.3) is 0 Å². The number of aliphatic carboxylic acids is 1. The molecule has 1 N–H and O–H groups in total. The third kappa shape index (κ3) is 4.61. The molecule has 164 valence electrons. The molecule has 0 aliphatic heterocycles. The van der Waals surface area contributed by atoms with Gasteiger partial charge in [-0.2, -0.15) is 0 Å². The second-order valence-electron chi connectivity index (χ2n) is 9.60. The van der Waals surface area contributed by atoms with Gasteiger partial charge in [-0.1, -0.05) is 99.9 Å². The first-order valence-electron chi connectivity index (χ1n) is 12.0. The molecule has 2 aromatic rings. The first-order valence-corrected chi connectivity index (χ1v) is 12.0. The Kier molecular flexibility index (Phi) is 6.89. The van der Waals surface area contributed by atoms with Crippen molar-refractivity contribution in [2.75, 3.05) is 0 Å². The van der Waals surface area contributed by atoms with Crippen LogP contribution in [0.4, 0.5) is 0 Å². The molecule has 0 amide bonds. The first-order chi connectivity index (χ1) is 15.1. The molecule has 2 aromatic carbocycles. The summed E-state index contributed by atoms with van der Waals surface area (Å²) in [6, 6.07) is 16.8. The fraction of sp³-hybridized carbons (Fsp3) is 0.500. The fourth-order valence-electron chi connectivity index (χ4n) is 6.04. The van der Waals surface area contributed by atoms with Crippen molar-refractivity contribution < 1.29 is 14.7 Å². The zero-order valence-electron chi connectivity index (χ0n) is 18.4. The van der Waals surface area contributed by atoms with Gasteiger partial charge in [-0.3, -0.25) is 9.59 Å². The van der Waals surface area contributed by atoms with Crippen LogP contribution in [0, 0.1) is 11.8 Å². The zero-order valence-corrected chi connectivity index (χ0v) is 18.4. The SMILES string of the molecule is O=C(c1ccccc1)c1cccc(C(CC2CCCCC2)(C(=O)O)C2CCCCC2)c1. The number of carbonyl (C=O) groups is 2. The average molecular weight is 419 g/mol. The molecule has 2 saturated carbocycles. The van der Waals surface area contributed by atoms with Crippen LogP contribution < -0.4 is 0 Å². The van der Waals surface area contributed by atoms with Gasteiger partial charge in [0, 0.05) is 11.1 Å². The van der Waals surface area contributed by atoms with Crippen LogP contribution in [0.25, 0.3) is 0 Å². The summed E-state index contributed by atoms with van der Waals surface area (Å²) in [6.07, 6.45) is 12.0. The van der Waals surface area contributed by atoms with E-state index in [-0.39, 0.29) is 11.7 Å². The van der Waals surface area contributed by atoms with E-state index in [2.05, 4.69) is 0 Å². The minimum absolute atomic E-state index is 0.0388. The van der Waals surface area contributed by atoms with Crippen LogP contribution in [0.3, 0.4) is 0 Å². The molecular formula is C28H34O3. The van der Waals surface area contributed by atoms with Gasteiger partial charge >= 0.3 is 5.97 Å². The van der Waals surface area contributed by atoms with E-state index >= 15 is 0 Å². The highest BCUT2D eigenvalue weighted by molar-refractivity contribution is 6.09. The predicted octanol–water partition coefficient (Wildman–Crippen LogP) is 6.79. The summed E-state index contributed by atoms with van der Waals surface area (Å²) in [5.74, 6) is -0.139. The Bertz CT molecular complexity index is 891. The third-order valence-corrected chi connectivity index (χ3v) is 7.69. The Morgan fingerprint density at radius 1 is 0.774 bits per heavy atom. The standard InChI is InChI=1S/C28H34O3/c29-26(22-13-6-2-7-14-22)23-15-10-18-25(19-23)28(27(30)31,24-16-8-3-9-17-24)20-21-11-4-1-5-12-21/h2,6-7,10,13-15,18-19,21,24H,1,3-5,8-9,11-12,16-17,20H2,(H,30,31). The molecule has 0 heterocycles. The number of hydrogen-bond acceptors (Lipinski definition) is 2. The number of hydrogen-bond donors (Lipinski definition) is 1. The first kappa shape index (κ1) is 21.8. The molecule has 3 heteroatoms. The average Bonchev–Trinajstić information content (AvgIpc) is 2.83. The van der Waals surface area contributed by atoms with Gasteiger partial charge in [0.05, 0.1) is 5.41 Å². The highest BCUT2D eigenvalue weighted by Gasteiger charge is 2.48. The molecule has 1 atom stereocenters. The molecule has 31 heavy (non-hydrogen) atoms. The van der Waals surface area contributed by atoms with E-state index in [1.807, 2.05) is 54.6 Å². The van der Waals surface area contributed by atoms with Crippen molar-refractivity contribution in [2.45, 2.75) is 76.0 Å². The number of rotatable bonds is 7. The van der Waals surface area contributed by atoms with Gasteiger partial charge in [0.2, 0.25) is 0 Å². The van der Waals surface area contributed by atoms with Crippen molar-refractivity contribution in [3.8, 4) is 0 Å². The minimum Gasteiger partial charge on any atom is -0.481 e. The second kappa shape index (κ2) is 9.80. The highest BCUT2D eigenvalue weighted by Crippen LogP contribution is 2.48. The Hall–Kier alpha value is -2.42. The van der Waals surface area contributed by atoms with E-state index in [1.54, 1.807) is 0 Å². The van der Waals surface area contributed by atoms with Crippen LogP contribution in [0.5, 0.6) is 0 Å². The van der Waals surface area contributed by atoms with Gasteiger partial charge in [-0.05, 0) is 42.7 Å². The van der Waals surface area contributed by atoms with Crippen LogP contribution in [-0.4, -0.2) is 16.9 Å². The number of ketones is 1. The Morgan fingerprint density at radius 3 is 2.03 bits per heavy atom. The van der Waals surface area contributed by atoms with E-state index in [4.69, 9.17) is 0 Å². The summed E-state index contributed by atoms with van der Waals surface area (Å²) < 4.78 is 0. The maximum Gasteiger partial charge on any atom is 0.314 e. The largest absolute Gasteiger partial charge is 0.481 e. The fourth-order valence-corrected chi connectivity index (χ4v) is 6.04. The number of carbonyl (C=O) groups excluding carboxylic acids is 1. The molecule has 2 aliphatic carbocycles. The quantitative estimate of drug-likeness (QED) is 0.504. The molecule has 2 aliphatic rings. The lowest BCUT2D eigenvalue weighted by Gasteiger charge is -2.42. The van der Waals surface area contributed by atoms with Crippen molar-refractivity contribution in [3.63, 3.8) is 0 Å². The molecule has 0 saturated heterocycles. The van der Waals surface area contributed by atoms with E-state index in [0.29, 0.717) is 23.5 Å². The molecular weight excluding hydrogens is 384 g/mol. The Labute approximate surface area is 185 Å². The molecule has 0 bridgehead atoms. The Morgan fingerprint density at radius 2 is 1.39 bits per heavy atom. The second-order valence-corrected chi connectivity index (χ2v) is 9.60. The summed E-state index contributed by atoms with van der Waals surface area (Å²) in [5, 5.41) is 10.7. The topological polar surface area (TPSA) is 54.4 Å². The normalized spacial score (nSPS) is 20.1. The van der Waals surface area contributed by atoms with Crippen molar-refractivity contribution in [1.82, 2.24) is 0 Å². The van der Waals surface area contributed by atoms with Crippen molar-refractivity contribution >= 4 is 11.8 Å². The van der Waals surface area contributed by atoms with E-state index in [0.717, 1.165) is 44.1 Å². The van der Waals surface area contributed by atoms with Crippen LogP contribution in [-0.2, 0) is 10.2 Å². The summed E-state index contributed by atoms with van der Waals surface area (Å²) in [7, 11) is 0. The number of benzene rings is 2. The summed E-state index contributed by atoms with van der Waals surface area (Å²) >= 11 is 0. The summed E-state index contributed by atoms with van der Waals surface area (Å²) in [5.41, 5.74) is 1.17. The molecule has 0 spiro atoms. The van der Waals surface area contributed by atoms with E-state index < -0.39 is 11.4 Å². The van der Waals surface area contributed by atoms with Gasteiger partial charge < -0.3 is 5.11 Å². The molecule has 0 aromatic heterocycles. The lowest BCUT2D eigenvalue weighted by Crippen LogP contribution is -2.46. The van der Waals surface area contributed by atoms with Gasteiger partial charge in [-0.15, -0.1) is 0 Å². The molecule has 1 unspecified atom stereocenters. The van der Waals surface area contributed by atoms with Crippen LogP contribution in [0.15, 0.2) is 54.6 Å².